The van der Waals surface area contributed by atoms with Crippen molar-refractivity contribution in [3.8, 4) is 0 Å². The van der Waals surface area contributed by atoms with E-state index in [9.17, 15) is 29.8 Å². The zero-order chi connectivity index (χ0) is 24.8. The number of hydrogen-bond donors (Lipinski definition) is 2. The minimum atomic E-state index is -0.566. The normalized spacial score (nSPS) is 11.4. The number of non-ortho nitro benzene ring substituents is 2. The van der Waals surface area contributed by atoms with E-state index in [0.717, 1.165) is 4.90 Å². The Kier molecular flexibility index (Phi) is 7.59. The number of nitrogens with one attached hydrogen (secondary N) is 2. The lowest BCUT2D eigenvalue weighted by molar-refractivity contribution is -0.385. The molecule has 0 aromatic heterocycles. The molecule has 3 aromatic carbocycles. The van der Waals surface area contributed by atoms with Gasteiger partial charge in [0.2, 0.25) is 5.91 Å². The third-order valence-corrected chi connectivity index (χ3v) is 5.90. The smallest absolute Gasteiger partial charge is 0.270 e. The Hall–Kier alpha value is -4.25. The maximum Gasteiger partial charge on any atom is 0.270 e. The highest BCUT2D eigenvalue weighted by Crippen LogP contribution is 2.27. The number of aryl methyl sites for hydroxylation is 1. The minimum Gasteiger partial charge on any atom is -0.325 e. The molecule has 0 aliphatic rings. The molecule has 3 aromatic rings. The van der Waals surface area contributed by atoms with Gasteiger partial charge >= 0.3 is 0 Å². The molecule has 0 aliphatic heterocycles. The van der Waals surface area contributed by atoms with Gasteiger partial charge in [0.05, 0.1) is 15.1 Å². The zero-order valence-corrected chi connectivity index (χ0v) is 19.0. The standard InChI is InChI=1S/C23H20N4O6S/c1-14-12-19(27(32)33)8-11-21(14)25-22(28)15(2)34-20-9-6-17(7-10-20)24-23(29)16-4-3-5-18(13-16)26(30)31/h3-13,15H,1-2H3,(H,24,29)(H,25,28). The van der Waals surface area contributed by atoms with Crippen molar-refractivity contribution in [2.24, 2.45) is 0 Å². The number of thioether (sulfide) groups is 1. The quantitative estimate of drug-likeness (QED) is 0.257. The zero-order valence-electron chi connectivity index (χ0n) is 18.2. The van der Waals surface area contributed by atoms with Gasteiger partial charge in [-0.05, 0) is 55.8 Å². The summed E-state index contributed by atoms with van der Waals surface area (Å²) in [6, 6.07) is 16.5. The van der Waals surface area contributed by atoms with E-state index in [2.05, 4.69) is 10.6 Å². The molecule has 0 heterocycles. The molecule has 0 saturated carbocycles. The molecule has 1 atom stereocenters. The first kappa shape index (κ1) is 24.4. The number of nitro benzene ring substituents is 2. The van der Waals surface area contributed by atoms with E-state index in [1.165, 1.54) is 54.2 Å². The number of amides is 2. The van der Waals surface area contributed by atoms with E-state index in [-0.39, 0.29) is 22.8 Å². The van der Waals surface area contributed by atoms with Gasteiger partial charge in [-0.1, -0.05) is 6.07 Å². The number of hydrogen-bond acceptors (Lipinski definition) is 7. The summed E-state index contributed by atoms with van der Waals surface area (Å²) in [7, 11) is 0. The van der Waals surface area contributed by atoms with Crippen LogP contribution in [0.4, 0.5) is 22.7 Å². The lowest BCUT2D eigenvalue weighted by Gasteiger charge is -2.14. The Labute approximate surface area is 198 Å². The molecule has 3 rings (SSSR count). The summed E-state index contributed by atoms with van der Waals surface area (Å²) in [5.41, 5.74) is 1.54. The molecule has 0 saturated heterocycles. The number of carbonyl (C=O) groups is 2. The summed E-state index contributed by atoms with van der Waals surface area (Å²) >= 11 is 1.31. The van der Waals surface area contributed by atoms with Crippen molar-refractivity contribution < 1.29 is 19.4 Å². The molecular weight excluding hydrogens is 460 g/mol. The van der Waals surface area contributed by atoms with Crippen molar-refractivity contribution in [2.75, 3.05) is 10.6 Å². The van der Waals surface area contributed by atoms with E-state index in [4.69, 9.17) is 0 Å². The Balaban J connectivity index is 1.59. The maximum atomic E-state index is 12.6. The van der Waals surface area contributed by atoms with E-state index in [1.807, 2.05) is 0 Å². The molecule has 34 heavy (non-hydrogen) atoms. The van der Waals surface area contributed by atoms with Crippen LogP contribution in [0.5, 0.6) is 0 Å². The van der Waals surface area contributed by atoms with Gasteiger partial charge in [-0.2, -0.15) is 0 Å². The van der Waals surface area contributed by atoms with Gasteiger partial charge in [0.25, 0.3) is 17.3 Å². The van der Waals surface area contributed by atoms with Gasteiger partial charge in [0, 0.05) is 46.1 Å². The Morgan fingerprint density at radius 1 is 0.882 bits per heavy atom. The van der Waals surface area contributed by atoms with Crippen molar-refractivity contribution in [1.82, 2.24) is 0 Å². The molecule has 0 radical (unpaired) electrons. The maximum absolute atomic E-state index is 12.6. The monoisotopic (exact) mass is 480 g/mol. The summed E-state index contributed by atoms with van der Waals surface area (Å²) in [6.07, 6.45) is 0. The van der Waals surface area contributed by atoms with Crippen molar-refractivity contribution in [1.29, 1.82) is 0 Å². The van der Waals surface area contributed by atoms with Crippen molar-refractivity contribution in [3.05, 3.63) is 98.1 Å². The lowest BCUT2D eigenvalue weighted by atomic mass is 10.2. The highest BCUT2D eigenvalue weighted by atomic mass is 32.2. The van der Waals surface area contributed by atoms with Gasteiger partial charge in [-0.15, -0.1) is 11.8 Å². The second-order valence-corrected chi connectivity index (χ2v) is 8.71. The highest BCUT2D eigenvalue weighted by Gasteiger charge is 2.17. The lowest BCUT2D eigenvalue weighted by Crippen LogP contribution is -2.22. The Morgan fingerprint density at radius 3 is 2.15 bits per heavy atom. The molecule has 0 fully saturated rings. The summed E-state index contributed by atoms with van der Waals surface area (Å²) in [4.78, 5) is 46.4. The van der Waals surface area contributed by atoms with E-state index >= 15 is 0 Å². The number of nitrogens with zero attached hydrogens (tertiary/aromatic N) is 2. The average molecular weight is 481 g/mol. The summed E-state index contributed by atoms with van der Waals surface area (Å²) in [5, 5.41) is 26.7. The van der Waals surface area contributed by atoms with E-state index in [0.29, 0.717) is 16.9 Å². The Morgan fingerprint density at radius 2 is 1.53 bits per heavy atom. The van der Waals surface area contributed by atoms with Crippen molar-refractivity contribution in [3.63, 3.8) is 0 Å². The van der Waals surface area contributed by atoms with E-state index in [1.54, 1.807) is 38.1 Å². The minimum absolute atomic E-state index is 0.0457. The van der Waals surface area contributed by atoms with Crippen LogP contribution in [0, 0.1) is 27.2 Å². The third kappa shape index (κ3) is 6.17. The number of anilines is 2. The molecule has 1 unspecified atom stereocenters. The van der Waals surface area contributed by atoms with Gasteiger partial charge in [0.1, 0.15) is 0 Å². The molecule has 2 N–H and O–H groups in total. The van der Waals surface area contributed by atoms with Crippen LogP contribution in [0.25, 0.3) is 0 Å². The van der Waals surface area contributed by atoms with Crippen LogP contribution in [0.1, 0.15) is 22.8 Å². The summed E-state index contributed by atoms with van der Waals surface area (Å²) in [6.45, 7) is 3.42. The fourth-order valence-electron chi connectivity index (χ4n) is 2.97. The predicted octanol–water partition coefficient (Wildman–Crippen LogP) is 5.18. The van der Waals surface area contributed by atoms with Gasteiger partial charge in [-0.3, -0.25) is 29.8 Å². The topological polar surface area (TPSA) is 144 Å². The number of nitro groups is 2. The fourth-order valence-corrected chi connectivity index (χ4v) is 3.84. The molecule has 2 amide bonds. The highest BCUT2D eigenvalue weighted by molar-refractivity contribution is 8.00. The fraction of sp³-hybridized carbons (Fsp3) is 0.130. The van der Waals surface area contributed by atoms with Crippen LogP contribution in [-0.2, 0) is 4.79 Å². The SMILES string of the molecule is Cc1cc([N+](=O)[O-])ccc1NC(=O)C(C)Sc1ccc(NC(=O)c2cccc([N+](=O)[O-])c2)cc1. The van der Waals surface area contributed by atoms with Crippen molar-refractivity contribution in [2.45, 2.75) is 24.0 Å². The van der Waals surface area contributed by atoms with Crippen molar-refractivity contribution >= 4 is 46.3 Å². The number of benzene rings is 3. The molecular formula is C23H20N4O6S. The van der Waals surface area contributed by atoms with Crippen LogP contribution in [0.3, 0.4) is 0 Å². The molecule has 174 valence electrons. The third-order valence-electron chi connectivity index (χ3n) is 4.79. The summed E-state index contributed by atoms with van der Waals surface area (Å²) < 4.78 is 0. The van der Waals surface area contributed by atoms with Crippen LogP contribution < -0.4 is 10.6 Å². The van der Waals surface area contributed by atoms with Crippen LogP contribution in [0.15, 0.2) is 71.6 Å². The van der Waals surface area contributed by atoms with Crippen LogP contribution >= 0.6 is 11.8 Å². The molecule has 0 bridgehead atoms. The molecule has 0 aliphatic carbocycles. The number of rotatable bonds is 8. The number of carbonyl (C=O) groups excluding carboxylic acids is 2. The van der Waals surface area contributed by atoms with Crippen LogP contribution in [-0.4, -0.2) is 26.9 Å². The Bertz CT molecular complexity index is 1260. The first-order valence-corrected chi connectivity index (χ1v) is 10.9. The summed E-state index contributed by atoms with van der Waals surface area (Å²) in [5.74, 6) is -0.736. The van der Waals surface area contributed by atoms with Gasteiger partial charge in [-0.25, -0.2) is 0 Å². The first-order chi connectivity index (χ1) is 16.1. The second-order valence-electron chi connectivity index (χ2n) is 7.29. The molecule has 10 nitrogen and oxygen atoms in total. The average Bonchev–Trinajstić information content (AvgIpc) is 2.81. The largest absolute Gasteiger partial charge is 0.325 e. The first-order valence-electron chi connectivity index (χ1n) is 10.0. The van der Waals surface area contributed by atoms with E-state index < -0.39 is 21.0 Å². The van der Waals surface area contributed by atoms with Gasteiger partial charge in [0.15, 0.2) is 0 Å². The predicted molar refractivity (Wildman–Crippen MR) is 129 cm³/mol. The molecule has 11 heteroatoms. The molecule has 0 spiro atoms. The van der Waals surface area contributed by atoms with Gasteiger partial charge < -0.3 is 10.6 Å². The van der Waals surface area contributed by atoms with Crippen LogP contribution in [0.2, 0.25) is 0 Å². The second kappa shape index (κ2) is 10.6.